The molecule has 1 heterocycles. The van der Waals surface area contributed by atoms with E-state index in [4.69, 9.17) is 16.3 Å². The summed E-state index contributed by atoms with van der Waals surface area (Å²) in [5.41, 5.74) is 1.55. The summed E-state index contributed by atoms with van der Waals surface area (Å²) >= 11 is 6.38. The fraction of sp³-hybridized carbons (Fsp3) is 0.158. The summed E-state index contributed by atoms with van der Waals surface area (Å²) in [7, 11) is 1.55. The van der Waals surface area contributed by atoms with Gasteiger partial charge < -0.3 is 15.2 Å². The average Bonchev–Trinajstić information content (AvgIpc) is 2.63. The number of phenolic OH excluding ortho intramolecular Hbond substituents is 1. The summed E-state index contributed by atoms with van der Waals surface area (Å²) < 4.78 is 5.41. The van der Waals surface area contributed by atoms with E-state index in [1.54, 1.807) is 37.6 Å². The lowest BCUT2D eigenvalue weighted by atomic mass is 9.95. The molecule has 1 aromatic heterocycles. The number of rotatable bonds is 4. The fourth-order valence-electron chi connectivity index (χ4n) is 2.86. The third-order valence-corrected chi connectivity index (χ3v) is 4.27. The number of para-hydroxylation sites is 1. The number of hydrogen-bond donors (Lipinski definition) is 2. The quantitative estimate of drug-likeness (QED) is 0.745. The lowest BCUT2D eigenvalue weighted by Crippen LogP contribution is -2.27. The summed E-state index contributed by atoms with van der Waals surface area (Å²) in [6.07, 6.45) is 1.58. The number of phenols is 1. The molecule has 3 rings (SSSR count). The number of amides is 1. The smallest absolute Gasteiger partial charge is 0.217 e. The van der Waals surface area contributed by atoms with Crippen LogP contribution < -0.4 is 10.1 Å². The van der Waals surface area contributed by atoms with E-state index in [9.17, 15) is 9.90 Å². The topological polar surface area (TPSA) is 71.5 Å². The van der Waals surface area contributed by atoms with Gasteiger partial charge in [0.2, 0.25) is 5.91 Å². The molecule has 0 fully saturated rings. The zero-order valence-electron chi connectivity index (χ0n) is 13.8. The van der Waals surface area contributed by atoms with Crippen molar-refractivity contribution in [1.29, 1.82) is 0 Å². The Hall–Kier alpha value is -2.79. The highest BCUT2D eigenvalue weighted by Crippen LogP contribution is 2.40. The minimum absolute atomic E-state index is 0.0235. The first-order chi connectivity index (χ1) is 12.0. The second-order valence-electron chi connectivity index (χ2n) is 5.57. The van der Waals surface area contributed by atoms with E-state index in [0.717, 1.165) is 0 Å². The van der Waals surface area contributed by atoms with Gasteiger partial charge in [0.25, 0.3) is 0 Å². The van der Waals surface area contributed by atoms with E-state index in [1.165, 1.54) is 6.92 Å². The number of pyridine rings is 1. The Kier molecular flexibility index (Phi) is 4.76. The van der Waals surface area contributed by atoms with Crippen LogP contribution >= 0.6 is 11.6 Å². The van der Waals surface area contributed by atoms with Gasteiger partial charge in [-0.15, -0.1) is 0 Å². The maximum absolute atomic E-state index is 11.8. The molecule has 0 aliphatic carbocycles. The highest BCUT2D eigenvalue weighted by Gasteiger charge is 2.24. The van der Waals surface area contributed by atoms with Gasteiger partial charge in [-0.25, -0.2) is 0 Å². The van der Waals surface area contributed by atoms with Crippen LogP contribution in [-0.4, -0.2) is 23.1 Å². The van der Waals surface area contributed by atoms with Crippen molar-refractivity contribution in [2.75, 3.05) is 7.11 Å². The Morgan fingerprint density at radius 2 is 2.00 bits per heavy atom. The predicted molar refractivity (Wildman–Crippen MR) is 97.1 cm³/mol. The van der Waals surface area contributed by atoms with E-state index < -0.39 is 6.04 Å². The summed E-state index contributed by atoms with van der Waals surface area (Å²) in [6, 6.07) is 11.8. The molecule has 128 valence electrons. The molecule has 2 N–H and O–H groups in total. The fourth-order valence-corrected chi connectivity index (χ4v) is 3.13. The molecule has 5 nitrogen and oxygen atoms in total. The number of benzene rings is 2. The van der Waals surface area contributed by atoms with Gasteiger partial charge >= 0.3 is 0 Å². The minimum atomic E-state index is -0.627. The van der Waals surface area contributed by atoms with Gasteiger partial charge in [-0.1, -0.05) is 29.8 Å². The Morgan fingerprint density at radius 3 is 2.72 bits per heavy atom. The van der Waals surface area contributed by atoms with E-state index in [-0.39, 0.29) is 11.7 Å². The number of ether oxygens (including phenoxy) is 1. The second-order valence-corrected chi connectivity index (χ2v) is 5.98. The van der Waals surface area contributed by atoms with Crippen molar-refractivity contribution in [1.82, 2.24) is 10.3 Å². The summed E-state index contributed by atoms with van der Waals surface area (Å²) in [5, 5.41) is 14.7. The molecule has 25 heavy (non-hydrogen) atoms. The monoisotopic (exact) mass is 356 g/mol. The SMILES string of the molecule is COc1ccccc1[C@H](NC(C)=O)c1cc(Cl)c2cccnc2c1O. The number of halogens is 1. The number of aromatic hydroxyl groups is 1. The third kappa shape index (κ3) is 3.23. The van der Waals surface area contributed by atoms with Crippen LogP contribution in [0.1, 0.15) is 24.1 Å². The second kappa shape index (κ2) is 6.99. The van der Waals surface area contributed by atoms with Crippen molar-refractivity contribution in [2.45, 2.75) is 13.0 Å². The molecular weight excluding hydrogens is 340 g/mol. The number of nitrogens with one attached hydrogen (secondary N) is 1. The van der Waals surface area contributed by atoms with Gasteiger partial charge in [0.1, 0.15) is 17.0 Å². The third-order valence-electron chi connectivity index (χ3n) is 3.95. The Morgan fingerprint density at radius 1 is 1.24 bits per heavy atom. The molecule has 1 amide bonds. The Labute approximate surface area is 150 Å². The van der Waals surface area contributed by atoms with Gasteiger partial charge in [0.05, 0.1) is 18.2 Å². The largest absolute Gasteiger partial charge is 0.505 e. The number of fused-ring (bicyclic) bond motifs is 1. The molecule has 0 unspecified atom stereocenters. The van der Waals surface area contributed by atoms with Crippen LogP contribution in [0.25, 0.3) is 10.9 Å². The lowest BCUT2D eigenvalue weighted by Gasteiger charge is -2.23. The number of nitrogens with zero attached hydrogens (tertiary/aromatic N) is 1. The van der Waals surface area contributed by atoms with Crippen molar-refractivity contribution in [3.05, 3.63) is 64.8 Å². The van der Waals surface area contributed by atoms with Crippen LogP contribution in [0.4, 0.5) is 0 Å². The maximum Gasteiger partial charge on any atom is 0.217 e. The van der Waals surface area contributed by atoms with Gasteiger partial charge in [0.15, 0.2) is 0 Å². The number of methoxy groups -OCH3 is 1. The molecule has 0 spiro atoms. The molecule has 2 aromatic carbocycles. The zero-order chi connectivity index (χ0) is 18.0. The van der Waals surface area contributed by atoms with E-state index >= 15 is 0 Å². The van der Waals surface area contributed by atoms with Gasteiger partial charge in [-0.3, -0.25) is 9.78 Å². The van der Waals surface area contributed by atoms with Crippen molar-refractivity contribution < 1.29 is 14.6 Å². The standard InChI is InChI=1S/C19H17ClN2O3/c1-11(23)22-17(13-6-3-4-8-16(13)25-2)14-10-15(20)12-7-5-9-21-18(12)19(14)24/h3-10,17,24H,1-2H3,(H,22,23)/t17-/m0/s1. The summed E-state index contributed by atoms with van der Waals surface area (Å²) in [4.78, 5) is 16.0. The van der Waals surface area contributed by atoms with Gasteiger partial charge in [-0.05, 0) is 24.3 Å². The van der Waals surface area contributed by atoms with Crippen molar-refractivity contribution >= 4 is 28.4 Å². The predicted octanol–water partition coefficient (Wildman–Crippen LogP) is 3.83. The van der Waals surface area contributed by atoms with Crippen LogP contribution in [0.3, 0.4) is 0 Å². The average molecular weight is 357 g/mol. The van der Waals surface area contributed by atoms with E-state index in [1.807, 2.05) is 18.2 Å². The maximum atomic E-state index is 11.8. The van der Waals surface area contributed by atoms with Crippen molar-refractivity contribution in [3.8, 4) is 11.5 Å². The minimum Gasteiger partial charge on any atom is -0.505 e. The molecule has 0 aliphatic heterocycles. The molecule has 0 saturated heterocycles. The molecule has 0 saturated carbocycles. The van der Waals surface area contributed by atoms with Crippen molar-refractivity contribution in [3.63, 3.8) is 0 Å². The number of carbonyl (C=O) groups excluding carboxylic acids is 1. The van der Waals surface area contributed by atoms with Gasteiger partial charge in [0, 0.05) is 29.6 Å². The summed E-state index contributed by atoms with van der Waals surface area (Å²) in [5.74, 6) is 0.329. The highest BCUT2D eigenvalue weighted by molar-refractivity contribution is 6.35. The van der Waals surface area contributed by atoms with Crippen LogP contribution in [0.5, 0.6) is 11.5 Å². The molecule has 6 heteroatoms. The Bertz CT molecular complexity index is 943. The first-order valence-electron chi connectivity index (χ1n) is 7.69. The van der Waals surface area contributed by atoms with Crippen LogP contribution in [0, 0.1) is 0 Å². The molecule has 0 aliphatic rings. The molecule has 0 bridgehead atoms. The van der Waals surface area contributed by atoms with Crippen molar-refractivity contribution in [2.24, 2.45) is 0 Å². The molecule has 1 atom stereocenters. The number of aromatic nitrogens is 1. The van der Waals surface area contributed by atoms with Gasteiger partial charge in [-0.2, -0.15) is 0 Å². The van der Waals surface area contributed by atoms with Crippen LogP contribution in [0.15, 0.2) is 48.7 Å². The van der Waals surface area contributed by atoms with Crippen LogP contribution in [-0.2, 0) is 4.79 Å². The molecule has 3 aromatic rings. The molecule has 0 radical (unpaired) electrons. The number of carbonyl (C=O) groups is 1. The Balaban J connectivity index is 2.26. The van der Waals surface area contributed by atoms with E-state index in [0.29, 0.717) is 32.8 Å². The van der Waals surface area contributed by atoms with Crippen LogP contribution in [0.2, 0.25) is 5.02 Å². The lowest BCUT2D eigenvalue weighted by molar-refractivity contribution is -0.119. The van der Waals surface area contributed by atoms with E-state index in [2.05, 4.69) is 10.3 Å². The summed E-state index contributed by atoms with van der Waals surface area (Å²) in [6.45, 7) is 1.42. The molecular formula is C19H17ClN2O3. The zero-order valence-corrected chi connectivity index (χ0v) is 14.5. The first-order valence-corrected chi connectivity index (χ1v) is 8.06. The normalized spacial score (nSPS) is 12.0. The first kappa shape index (κ1) is 17.0. The number of hydrogen-bond acceptors (Lipinski definition) is 4. The highest BCUT2D eigenvalue weighted by atomic mass is 35.5.